The van der Waals surface area contributed by atoms with Crippen molar-refractivity contribution in [1.82, 2.24) is 10.5 Å². The molecule has 1 aromatic rings. The summed E-state index contributed by atoms with van der Waals surface area (Å²) in [5, 5.41) is 13.3. The molecular formula is C6H6N2O4. The highest BCUT2D eigenvalue weighted by atomic mass is 16.5. The molecule has 3 N–H and O–H groups in total. The topological polar surface area (TPSA) is 95.3 Å². The highest BCUT2D eigenvalue weighted by molar-refractivity contribution is 5.75. The molecule has 0 fully saturated rings. The number of rotatable bonds is 1. The number of aliphatic carboxylic acids is 1. The van der Waals surface area contributed by atoms with E-state index < -0.39 is 12.0 Å². The van der Waals surface area contributed by atoms with E-state index in [1.54, 1.807) is 0 Å². The van der Waals surface area contributed by atoms with Crippen LogP contribution in [0.3, 0.4) is 0 Å². The smallest absolute Gasteiger partial charge is 0.328 e. The van der Waals surface area contributed by atoms with Gasteiger partial charge in [0.25, 0.3) is 5.56 Å². The van der Waals surface area contributed by atoms with Crippen LogP contribution in [0.15, 0.2) is 9.32 Å². The summed E-state index contributed by atoms with van der Waals surface area (Å²) in [6.45, 7) is 0.248. The summed E-state index contributed by atoms with van der Waals surface area (Å²) in [5.41, 5.74) is 0.0173. The average Bonchev–Trinajstić information content (AvgIpc) is 2.53. The standard InChI is InChI=1S/C6H6N2O4/c9-5-2-1-7-3(6(10)11)4(2)12-8-5/h3,7H,1H2,(H,8,9)(H,10,11). The molecule has 0 spiro atoms. The summed E-state index contributed by atoms with van der Waals surface area (Å²) in [7, 11) is 0. The first kappa shape index (κ1) is 7.11. The van der Waals surface area contributed by atoms with Crippen LogP contribution in [-0.2, 0) is 11.3 Å². The molecular weight excluding hydrogens is 164 g/mol. The van der Waals surface area contributed by atoms with Crippen LogP contribution in [0.1, 0.15) is 17.4 Å². The quantitative estimate of drug-likeness (QED) is 0.512. The van der Waals surface area contributed by atoms with Crippen molar-refractivity contribution in [3.8, 4) is 0 Å². The Morgan fingerprint density at radius 3 is 3.08 bits per heavy atom. The lowest BCUT2D eigenvalue weighted by atomic mass is 10.2. The normalized spacial score (nSPS) is 20.8. The molecule has 1 atom stereocenters. The maximum Gasteiger partial charge on any atom is 0.328 e. The summed E-state index contributed by atoms with van der Waals surface area (Å²) in [4.78, 5) is 21.4. The zero-order chi connectivity index (χ0) is 8.72. The first-order valence-corrected chi connectivity index (χ1v) is 3.36. The minimum atomic E-state index is -1.04. The van der Waals surface area contributed by atoms with Gasteiger partial charge in [0.1, 0.15) is 0 Å². The number of nitrogens with one attached hydrogen (secondary N) is 2. The molecule has 64 valence electrons. The number of hydrogen-bond acceptors (Lipinski definition) is 4. The van der Waals surface area contributed by atoms with E-state index in [0.717, 1.165) is 0 Å². The number of aromatic amines is 1. The lowest BCUT2D eigenvalue weighted by molar-refractivity contribution is -0.139. The summed E-state index contributed by atoms with van der Waals surface area (Å²) in [5.74, 6) is -0.857. The van der Waals surface area contributed by atoms with Crippen molar-refractivity contribution in [3.05, 3.63) is 21.7 Å². The lowest BCUT2D eigenvalue weighted by Crippen LogP contribution is -2.21. The van der Waals surface area contributed by atoms with Gasteiger partial charge in [0, 0.05) is 6.54 Å². The largest absolute Gasteiger partial charge is 0.480 e. The van der Waals surface area contributed by atoms with E-state index in [-0.39, 0.29) is 17.9 Å². The number of fused-ring (bicyclic) bond motifs is 1. The molecule has 2 rings (SSSR count). The number of carboxylic acid groups (broad SMARTS) is 1. The monoisotopic (exact) mass is 170 g/mol. The molecule has 1 unspecified atom stereocenters. The Kier molecular flexibility index (Phi) is 1.31. The van der Waals surface area contributed by atoms with Crippen LogP contribution >= 0.6 is 0 Å². The third-order valence-electron chi connectivity index (χ3n) is 1.82. The van der Waals surface area contributed by atoms with Crippen LogP contribution in [0.5, 0.6) is 0 Å². The van der Waals surface area contributed by atoms with Crippen molar-refractivity contribution in [2.45, 2.75) is 12.6 Å². The van der Waals surface area contributed by atoms with Crippen LogP contribution in [-0.4, -0.2) is 16.2 Å². The maximum absolute atomic E-state index is 10.9. The van der Waals surface area contributed by atoms with E-state index in [2.05, 4.69) is 10.5 Å². The Labute approximate surface area is 66.2 Å². The van der Waals surface area contributed by atoms with Crippen molar-refractivity contribution >= 4 is 5.97 Å². The van der Waals surface area contributed by atoms with Crippen molar-refractivity contribution < 1.29 is 14.4 Å². The molecule has 0 aliphatic carbocycles. The van der Waals surface area contributed by atoms with Crippen molar-refractivity contribution in [1.29, 1.82) is 0 Å². The second-order valence-corrected chi connectivity index (χ2v) is 2.53. The number of H-pyrrole nitrogens is 1. The van der Waals surface area contributed by atoms with E-state index in [9.17, 15) is 9.59 Å². The molecule has 0 saturated heterocycles. The zero-order valence-electron chi connectivity index (χ0n) is 5.96. The van der Waals surface area contributed by atoms with Gasteiger partial charge in [-0.2, -0.15) is 5.16 Å². The maximum atomic E-state index is 10.9. The van der Waals surface area contributed by atoms with Crippen LogP contribution < -0.4 is 10.9 Å². The Bertz CT molecular complexity index is 377. The molecule has 0 saturated carbocycles. The van der Waals surface area contributed by atoms with E-state index in [1.165, 1.54) is 0 Å². The molecule has 0 aromatic carbocycles. The molecule has 1 aliphatic rings. The predicted octanol–water partition coefficient (Wildman–Crippen LogP) is -0.803. The van der Waals surface area contributed by atoms with Crippen LogP contribution in [0.4, 0.5) is 0 Å². The molecule has 2 heterocycles. The van der Waals surface area contributed by atoms with Gasteiger partial charge in [0.05, 0.1) is 5.56 Å². The highest BCUT2D eigenvalue weighted by Gasteiger charge is 2.33. The third-order valence-corrected chi connectivity index (χ3v) is 1.82. The van der Waals surface area contributed by atoms with Gasteiger partial charge < -0.3 is 9.63 Å². The first-order chi connectivity index (χ1) is 5.70. The predicted molar refractivity (Wildman–Crippen MR) is 36.5 cm³/mol. The first-order valence-electron chi connectivity index (χ1n) is 3.36. The summed E-state index contributed by atoms with van der Waals surface area (Å²) >= 11 is 0. The van der Waals surface area contributed by atoms with Crippen molar-refractivity contribution in [3.63, 3.8) is 0 Å². The van der Waals surface area contributed by atoms with Gasteiger partial charge >= 0.3 is 5.97 Å². The van der Waals surface area contributed by atoms with Gasteiger partial charge in [-0.3, -0.25) is 14.9 Å². The minimum absolute atomic E-state index is 0.188. The van der Waals surface area contributed by atoms with E-state index in [1.807, 2.05) is 0 Å². The van der Waals surface area contributed by atoms with E-state index >= 15 is 0 Å². The number of carboxylic acids is 1. The van der Waals surface area contributed by atoms with Crippen LogP contribution in [0.25, 0.3) is 0 Å². The average molecular weight is 170 g/mol. The zero-order valence-corrected chi connectivity index (χ0v) is 5.96. The molecule has 6 nitrogen and oxygen atoms in total. The second kappa shape index (κ2) is 2.21. The lowest BCUT2D eigenvalue weighted by Gasteiger charge is -2.00. The molecule has 12 heavy (non-hydrogen) atoms. The SMILES string of the molecule is O=C(O)C1NCc2c1o[nH]c2=O. The Hall–Kier alpha value is -1.56. The minimum Gasteiger partial charge on any atom is -0.480 e. The Balaban J connectivity index is 2.50. The number of aromatic nitrogens is 1. The molecule has 0 amide bonds. The van der Waals surface area contributed by atoms with Gasteiger partial charge in [-0.1, -0.05) is 0 Å². The second-order valence-electron chi connectivity index (χ2n) is 2.53. The van der Waals surface area contributed by atoms with Gasteiger partial charge in [0.2, 0.25) is 0 Å². The van der Waals surface area contributed by atoms with Crippen LogP contribution in [0, 0.1) is 0 Å². The fourth-order valence-corrected chi connectivity index (χ4v) is 1.23. The Morgan fingerprint density at radius 1 is 1.67 bits per heavy atom. The molecule has 1 aliphatic heterocycles. The molecule has 1 aromatic heterocycles. The third kappa shape index (κ3) is 0.782. The van der Waals surface area contributed by atoms with E-state index in [4.69, 9.17) is 9.63 Å². The molecule has 0 radical (unpaired) electrons. The van der Waals surface area contributed by atoms with Gasteiger partial charge in [-0.05, 0) is 0 Å². The molecule has 0 bridgehead atoms. The van der Waals surface area contributed by atoms with Crippen molar-refractivity contribution in [2.24, 2.45) is 0 Å². The summed E-state index contributed by atoms with van der Waals surface area (Å²) in [6, 6.07) is -0.890. The van der Waals surface area contributed by atoms with Gasteiger partial charge in [-0.15, -0.1) is 0 Å². The van der Waals surface area contributed by atoms with Gasteiger partial charge in [-0.25, -0.2) is 0 Å². The van der Waals surface area contributed by atoms with Gasteiger partial charge in [0.15, 0.2) is 11.8 Å². The van der Waals surface area contributed by atoms with Crippen molar-refractivity contribution in [2.75, 3.05) is 0 Å². The fourth-order valence-electron chi connectivity index (χ4n) is 1.23. The number of hydrogen-bond donors (Lipinski definition) is 3. The van der Waals surface area contributed by atoms with E-state index in [0.29, 0.717) is 5.56 Å². The number of carbonyl (C=O) groups is 1. The fraction of sp³-hybridized carbons (Fsp3) is 0.333. The highest BCUT2D eigenvalue weighted by Crippen LogP contribution is 2.21. The summed E-state index contributed by atoms with van der Waals surface area (Å²) < 4.78 is 4.70. The molecule has 6 heteroatoms. The Morgan fingerprint density at radius 2 is 2.42 bits per heavy atom. The summed E-state index contributed by atoms with van der Waals surface area (Å²) in [6.07, 6.45) is 0. The van der Waals surface area contributed by atoms with Crippen LogP contribution in [0.2, 0.25) is 0 Å².